The Morgan fingerprint density at radius 3 is 2.50 bits per heavy atom. The number of hydrogen-bond donors (Lipinski definition) is 1. The summed E-state index contributed by atoms with van der Waals surface area (Å²) in [5, 5.41) is 3.78. The van der Waals surface area contributed by atoms with Gasteiger partial charge in [-0.2, -0.15) is 0 Å². The monoisotopic (exact) mass is 217 g/mol. The largest absolute Gasteiger partial charge is 0.307 e. The summed E-state index contributed by atoms with van der Waals surface area (Å²) >= 11 is 0. The molecule has 1 aromatic carbocycles. The first kappa shape index (κ1) is 11.7. The Morgan fingerprint density at radius 1 is 1.12 bits per heavy atom. The first-order valence-corrected chi connectivity index (χ1v) is 6.58. The molecule has 1 heteroatoms. The lowest BCUT2D eigenvalue weighted by Gasteiger charge is -2.32. The van der Waals surface area contributed by atoms with Crippen LogP contribution in [-0.4, -0.2) is 6.04 Å². The van der Waals surface area contributed by atoms with Gasteiger partial charge in [-0.05, 0) is 31.2 Å². The van der Waals surface area contributed by atoms with Crippen molar-refractivity contribution in [3.8, 4) is 0 Å². The predicted octanol–water partition coefficient (Wildman–Crippen LogP) is 3.92. The molecule has 0 heterocycles. The van der Waals surface area contributed by atoms with Gasteiger partial charge in [0, 0.05) is 12.1 Å². The van der Waals surface area contributed by atoms with E-state index in [2.05, 4.69) is 49.5 Å². The average molecular weight is 217 g/mol. The van der Waals surface area contributed by atoms with Crippen molar-refractivity contribution in [2.45, 2.75) is 51.6 Å². The van der Waals surface area contributed by atoms with E-state index in [9.17, 15) is 0 Å². The highest BCUT2D eigenvalue weighted by molar-refractivity contribution is 5.18. The Labute approximate surface area is 99.3 Å². The Morgan fingerprint density at radius 2 is 1.81 bits per heavy atom. The van der Waals surface area contributed by atoms with Gasteiger partial charge < -0.3 is 5.32 Å². The highest BCUT2D eigenvalue weighted by Gasteiger charge is 2.22. The van der Waals surface area contributed by atoms with Crippen LogP contribution in [0.1, 0.15) is 51.1 Å². The molecule has 0 spiro atoms. The van der Waals surface area contributed by atoms with Crippen molar-refractivity contribution in [3.05, 3.63) is 35.9 Å². The fourth-order valence-corrected chi connectivity index (χ4v) is 2.72. The zero-order valence-electron chi connectivity index (χ0n) is 10.4. The number of benzene rings is 1. The lowest BCUT2D eigenvalue weighted by molar-refractivity contribution is 0.263. The van der Waals surface area contributed by atoms with E-state index in [1.54, 1.807) is 0 Å². The van der Waals surface area contributed by atoms with E-state index < -0.39 is 0 Å². The SMILES string of the molecule is CC(NC1CCCC[C@@H]1C)c1ccccc1. The van der Waals surface area contributed by atoms with E-state index in [-0.39, 0.29) is 0 Å². The van der Waals surface area contributed by atoms with Gasteiger partial charge in [0.25, 0.3) is 0 Å². The number of nitrogens with one attached hydrogen (secondary N) is 1. The van der Waals surface area contributed by atoms with Crippen molar-refractivity contribution in [1.82, 2.24) is 5.32 Å². The minimum atomic E-state index is 0.478. The molecule has 0 bridgehead atoms. The minimum Gasteiger partial charge on any atom is -0.307 e. The lowest BCUT2D eigenvalue weighted by Crippen LogP contribution is -2.38. The van der Waals surface area contributed by atoms with Crippen LogP contribution < -0.4 is 5.32 Å². The maximum Gasteiger partial charge on any atom is 0.0294 e. The predicted molar refractivity (Wildman–Crippen MR) is 69.4 cm³/mol. The highest BCUT2D eigenvalue weighted by Crippen LogP contribution is 2.26. The third-order valence-corrected chi connectivity index (χ3v) is 3.88. The van der Waals surface area contributed by atoms with Crippen LogP contribution in [0.2, 0.25) is 0 Å². The average Bonchev–Trinajstić information content (AvgIpc) is 2.33. The zero-order chi connectivity index (χ0) is 11.4. The molecule has 0 saturated heterocycles. The molecule has 1 fully saturated rings. The molecular formula is C15H23N. The van der Waals surface area contributed by atoms with Crippen LogP contribution in [0.15, 0.2) is 30.3 Å². The van der Waals surface area contributed by atoms with Crippen molar-refractivity contribution in [3.63, 3.8) is 0 Å². The molecule has 2 unspecified atom stereocenters. The normalized spacial score (nSPS) is 27.6. The molecule has 3 atom stereocenters. The van der Waals surface area contributed by atoms with Crippen molar-refractivity contribution in [2.24, 2.45) is 5.92 Å². The summed E-state index contributed by atoms with van der Waals surface area (Å²) in [7, 11) is 0. The molecule has 1 nitrogen and oxygen atoms in total. The van der Waals surface area contributed by atoms with Gasteiger partial charge in [-0.15, -0.1) is 0 Å². The molecule has 88 valence electrons. The van der Waals surface area contributed by atoms with Gasteiger partial charge in [-0.3, -0.25) is 0 Å². The summed E-state index contributed by atoms with van der Waals surface area (Å²) in [4.78, 5) is 0. The molecule has 1 saturated carbocycles. The molecule has 2 rings (SSSR count). The zero-order valence-corrected chi connectivity index (χ0v) is 10.4. The van der Waals surface area contributed by atoms with E-state index in [1.165, 1.54) is 31.2 Å². The third kappa shape index (κ3) is 2.85. The van der Waals surface area contributed by atoms with E-state index in [0.717, 1.165) is 5.92 Å². The van der Waals surface area contributed by atoms with Crippen LogP contribution in [0, 0.1) is 5.92 Å². The topological polar surface area (TPSA) is 12.0 Å². The Hall–Kier alpha value is -0.820. The van der Waals surface area contributed by atoms with E-state index in [1.807, 2.05) is 0 Å². The van der Waals surface area contributed by atoms with Crippen LogP contribution in [0.3, 0.4) is 0 Å². The van der Waals surface area contributed by atoms with Crippen molar-refractivity contribution >= 4 is 0 Å². The summed E-state index contributed by atoms with van der Waals surface area (Å²) in [6.07, 6.45) is 5.54. The standard InChI is InChI=1S/C15H23N/c1-12-8-6-7-11-15(12)16-13(2)14-9-4-3-5-10-14/h3-5,9-10,12-13,15-16H,6-8,11H2,1-2H3/t12-,13?,15?/m0/s1. The van der Waals surface area contributed by atoms with Crippen molar-refractivity contribution in [1.29, 1.82) is 0 Å². The molecule has 1 aliphatic carbocycles. The highest BCUT2D eigenvalue weighted by atomic mass is 15.0. The number of rotatable bonds is 3. The van der Waals surface area contributed by atoms with Gasteiger partial charge >= 0.3 is 0 Å². The molecule has 0 aliphatic heterocycles. The molecule has 0 aromatic heterocycles. The fraction of sp³-hybridized carbons (Fsp3) is 0.600. The van der Waals surface area contributed by atoms with Gasteiger partial charge in [-0.1, -0.05) is 50.1 Å². The van der Waals surface area contributed by atoms with Crippen LogP contribution in [-0.2, 0) is 0 Å². The van der Waals surface area contributed by atoms with Gasteiger partial charge in [0.1, 0.15) is 0 Å². The molecule has 1 aliphatic rings. The second kappa shape index (κ2) is 5.49. The Kier molecular flexibility index (Phi) is 4.00. The molecule has 1 N–H and O–H groups in total. The summed E-state index contributed by atoms with van der Waals surface area (Å²) in [5.74, 6) is 0.833. The minimum absolute atomic E-state index is 0.478. The quantitative estimate of drug-likeness (QED) is 0.809. The molecule has 16 heavy (non-hydrogen) atoms. The van der Waals surface area contributed by atoms with Gasteiger partial charge in [0.05, 0.1) is 0 Å². The van der Waals surface area contributed by atoms with Crippen LogP contribution in [0.5, 0.6) is 0 Å². The van der Waals surface area contributed by atoms with E-state index in [4.69, 9.17) is 0 Å². The first-order valence-electron chi connectivity index (χ1n) is 6.58. The third-order valence-electron chi connectivity index (χ3n) is 3.88. The summed E-state index contributed by atoms with van der Waals surface area (Å²) in [6.45, 7) is 4.66. The maximum absolute atomic E-state index is 3.78. The smallest absolute Gasteiger partial charge is 0.0294 e. The van der Waals surface area contributed by atoms with Crippen LogP contribution in [0.25, 0.3) is 0 Å². The van der Waals surface area contributed by atoms with Gasteiger partial charge in [0.2, 0.25) is 0 Å². The lowest BCUT2D eigenvalue weighted by atomic mass is 9.85. The summed E-state index contributed by atoms with van der Waals surface area (Å²) in [6, 6.07) is 11.9. The van der Waals surface area contributed by atoms with Crippen LogP contribution in [0.4, 0.5) is 0 Å². The first-order chi connectivity index (χ1) is 7.77. The van der Waals surface area contributed by atoms with Gasteiger partial charge in [-0.25, -0.2) is 0 Å². The van der Waals surface area contributed by atoms with Crippen molar-refractivity contribution in [2.75, 3.05) is 0 Å². The van der Waals surface area contributed by atoms with E-state index >= 15 is 0 Å². The number of hydrogen-bond acceptors (Lipinski definition) is 1. The molecule has 0 radical (unpaired) electrons. The Bertz CT molecular complexity index is 306. The van der Waals surface area contributed by atoms with Gasteiger partial charge in [0.15, 0.2) is 0 Å². The second-order valence-corrected chi connectivity index (χ2v) is 5.17. The van der Waals surface area contributed by atoms with Crippen LogP contribution >= 0.6 is 0 Å². The summed E-state index contributed by atoms with van der Waals surface area (Å²) < 4.78 is 0. The molecule has 1 aromatic rings. The summed E-state index contributed by atoms with van der Waals surface area (Å²) in [5.41, 5.74) is 1.40. The second-order valence-electron chi connectivity index (χ2n) is 5.17. The Balaban J connectivity index is 1.94. The molecule has 0 amide bonds. The maximum atomic E-state index is 3.78. The fourth-order valence-electron chi connectivity index (χ4n) is 2.72. The van der Waals surface area contributed by atoms with Crippen molar-refractivity contribution < 1.29 is 0 Å². The molecular weight excluding hydrogens is 194 g/mol. The van der Waals surface area contributed by atoms with E-state index in [0.29, 0.717) is 12.1 Å².